The number of rotatable bonds is 3. The summed E-state index contributed by atoms with van der Waals surface area (Å²) < 4.78 is 0. The Kier molecular flexibility index (Phi) is 3.61. The lowest BCUT2D eigenvalue weighted by Crippen LogP contribution is -2.45. The fraction of sp³-hybridized carbons (Fsp3) is 0.545. The van der Waals surface area contributed by atoms with E-state index in [0.717, 1.165) is 19.3 Å². The number of carbonyl (C=O) groups is 1. The molecule has 1 fully saturated rings. The van der Waals surface area contributed by atoms with E-state index >= 15 is 0 Å². The quantitative estimate of drug-likeness (QED) is 0.550. The lowest BCUT2D eigenvalue weighted by Gasteiger charge is -2.27. The molecule has 2 rings (SSSR count). The van der Waals surface area contributed by atoms with Crippen molar-refractivity contribution in [2.24, 2.45) is 0 Å². The number of carbonyl (C=O) groups excluding carboxylic acids is 1. The van der Waals surface area contributed by atoms with Gasteiger partial charge in [0.1, 0.15) is 0 Å². The van der Waals surface area contributed by atoms with E-state index < -0.39 is 16.9 Å². The zero-order valence-corrected chi connectivity index (χ0v) is 9.76. The van der Waals surface area contributed by atoms with E-state index in [1.165, 1.54) is 12.1 Å². The summed E-state index contributed by atoms with van der Waals surface area (Å²) in [4.78, 5) is 24.1. The minimum atomic E-state index is -0.591. The number of hydrogen-bond donors (Lipinski definition) is 3. The van der Waals surface area contributed by atoms with Crippen LogP contribution in [0.2, 0.25) is 0 Å². The van der Waals surface area contributed by atoms with Gasteiger partial charge in [-0.15, -0.1) is 0 Å². The Balaban J connectivity index is 2.00. The summed E-state index contributed by atoms with van der Waals surface area (Å²) in [7, 11) is 0. The third kappa shape index (κ3) is 2.67. The van der Waals surface area contributed by atoms with Crippen LogP contribution in [-0.4, -0.2) is 33.1 Å². The number of H-pyrrole nitrogens is 1. The van der Waals surface area contributed by atoms with Crippen LogP contribution in [0.3, 0.4) is 0 Å². The van der Waals surface area contributed by atoms with Crippen molar-refractivity contribution in [3.8, 4) is 0 Å². The predicted molar refractivity (Wildman–Crippen MR) is 63.2 cm³/mol. The molecule has 0 unspecified atom stereocenters. The first-order chi connectivity index (χ1) is 8.58. The number of hydrogen-bond acceptors (Lipinski definition) is 4. The number of aromatic amines is 1. The Labute approximate surface area is 103 Å². The molecule has 2 atom stereocenters. The van der Waals surface area contributed by atoms with Gasteiger partial charge in [0, 0.05) is 6.07 Å². The zero-order valence-electron chi connectivity index (χ0n) is 9.76. The van der Waals surface area contributed by atoms with Crippen LogP contribution in [-0.2, 0) is 0 Å². The van der Waals surface area contributed by atoms with Crippen molar-refractivity contribution < 1.29 is 14.8 Å². The predicted octanol–water partition coefficient (Wildman–Crippen LogP) is 0.956. The maximum atomic E-state index is 11.8. The standard InChI is InChI=1S/C11H15N3O4/c15-9-4-2-1-3-7(9)13-11(16)8-5-6-10(12-8)14(17)18/h5-7,9,12,15H,1-4H2,(H,13,16)/t7-,9-/m1/s1. The van der Waals surface area contributed by atoms with E-state index in [0.29, 0.717) is 6.42 Å². The molecular weight excluding hydrogens is 238 g/mol. The van der Waals surface area contributed by atoms with Crippen LogP contribution in [0, 0.1) is 10.1 Å². The normalized spacial score (nSPS) is 23.6. The molecule has 1 heterocycles. The van der Waals surface area contributed by atoms with Gasteiger partial charge >= 0.3 is 5.82 Å². The number of aliphatic hydroxyl groups excluding tert-OH is 1. The molecule has 3 N–H and O–H groups in total. The maximum absolute atomic E-state index is 11.8. The van der Waals surface area contributed by atoms with Crippen LogP contribution >= 0.6 is 0 Å². The molecule has 98 valence electrons. The van der Waals surface area contributed by atoms with E-state index in [-0.39, 0.29) is 17.6 Å². The van der Waals surface area contributed by atoms with E-state index in [9.17, 15) is 20.0 Å². The van der Waals surface area contributed by atoms with Crippen molar-refractivity contribution in [1.82, 2.24) is 10.3 Å². The highest BCUT2D eigenvalue weighted by atomic mass is 16.6. The molecule has 1 amide bonds. The van der Waals surface area contributed by atoms with Gasteiger partial charge in [-0.3, -0.25) is 4.79 Å². The Morgan fingerprint density at radius 1 is 1.44 bits per heavy atom. The van der Waals surface area contributed by atoms with Gasteiger partial charge in [0.25, 0.3) is 5.91 Å². The minimum absolute atomic E-state index is 0.138. The van der Waals surface area contributed by atoms with Crippen LogP contribution in [0.15, 0.2) is 12.1 Å². The maximum Gasteiger partial charge on any atom is 0.321 e. The molecule has 0 aromatic carbocycles. The summed E-state index contributed by atoms with van der Waals surface area (Å²) >= 11 is 0. The van der Waals surface area contributed by atoms with Crippen LogP contribution in [0.5, 0.6) is 0 Å². The van der Waals surface area contributed by atoms with Crippen LogP contribution in [0.25, 0.3) is 0 Å². The van der Waals surface area contributed by atoms with Crippen molar-refractivity contribution in [3.05, 3.63) is 27.9 Å². The van der Waals surface area contributed by atoms with E-state index in [4.69, 9.17) is 0 Å². The summed E-state index contributed by atoms with van der Waals surface area (Å²) in [6.45, 7) is 0. The average Bonchev–Trinajstić information content (AvgIpc) is 2.81. The second-order valence-electron chi connectivity index (χ2n) is 4.45. The largest absolute Gasteiger partial charge is 0.391 e. The molecule has 0 radical (unpaired) electrons. The highest BCUT2D eigenvalue weighted by molar-refractivity contribution is 5.93. The number of aromatic nitrogens is 1. The lowest BCUT2D eigenvalue weighted by atomic mass is 9.92. The summed E-state index contributed by atoms with van der Waals surface area (Å²) in [6, 6.07) is 2.34. The molecule has 7 nitrogen and oxygen atoms in total. The van der Waals surface area contributed by atoms with Crippen molar-refractivity contribution in [1.29, 1.82) is 0 Å². The van der Waals surface area contributed by atoms with Gasteiger partial charge in [-0.25, -0.2) is 4.98 Å². The van der Waals surface area contributed by atoms with Gasteiger partial charge in [0.05, 0.1) is 12.1 Å². The molecule has 0 aliphatic heterocycles. The lowest BCUT2D eigenvalue weighted by molar-refractivity contribution is -0.389. The van der Waals surface area contributed by atoms with Crippen LogP contribution in [0.4, 0.5) is 5.82 Å². The summed E-state index contributed by atoms with van der Waals surface area (Å²) in [5.41, 5.74) is 0.138. The Morgan fingerprint density at radius 3 is 2.78 bits per heavy atom. The number of nitro groups is 1. The highest BCUT2D eigenvalue weighted by Gasteiger charge is 2.26. The first kappa shape index (κ1) is 12.6. The van der Waals surface area contributed by atoms with Crippen LogP contribution in [0.1, 0.15) is 36.2 Å². The third-order valence-electron chi connectivity index (χ3n) is 3.16. The van der Waals surface area contributed by atoms with Gasteiger partial charge in [0.15, 0.2) is 5.69 Å². The topological polar surface area (TPSA) is 108 Å². The monoisotopic (exact) mass is 253 g/mol. The smallest absolute Gasteiger partial charge is 0.321 e. The van der Waals surface area contributed by atoms with Crippen molar-refractivity contribution in [2.45, 2.75) is 37.8 Å². The number of nitrogens with zero attached hydrogens (tertiary/aromatic N) is 1. The minimum Gasteiger partial charge on any atom is -0.391 e. The van der Waals surface area contributed by atoms with Gasteiger partial charge in [-0.2, -0.15) is 0 Å². The van der Waals surface area contributed by atoms with Gasteiger partial charge in [-0.1, -0.05) is 12.8 Å². The van der Waals surface area contributed by atoms with Crippen molar-refractivity contribution >= 4 is 11.7 Å². The Hall–Kier alpha value is -1.89. The molecule has 0 bridgehead atoms. The van der Waals surface area contributed by atoms with E-state index in [1.807, 2.05) is 0 Å². The van der Waals surface area contributed by atoms with Crippen LogP contribution < -0.4 is 5.32 Å². The Bertz CT molecular complexity index is 457. The molecule has 1 aliphatic carbocycles. The second-order valence-corrected chi connectivity index (χ2v) is 4.45. The molecule has 1 saturated carbocycles. The van der Waals surface area contributed by atoms with Gasteiger partial charge < -0.3 is 20.5 Å². The second kappa shape index (κ2) is 5.18. The third-order valence-corrected chi connectivity index (χ3v) is 3.16. The summed E-state index contributed by atoms with van der Waals surface area (Å²) in [6.07, 6.45) is 2.80. The zero-order chi connectivity index (χ0) is 13.1. The fourth-order valence-electron chi connectivity index (χ4n) is 2.15. The molecule has 7 heteroatoms. The number of amides is 1. The first-order valence-corrected chi connectivity index (χ1v) is 5.90. The van der Waals surface area contributed by atoms with Crippen molar-refractivity contribution in [2.75, 3.05) is 0 Å². The SMILES string of the molecule is O=C(N[C@@H]1CCCC[C@H]1O)c1ccc([N+](=O)[O-])[nH]1. The molecule has 1 aromatic heterocycles. The van der Waals surface area contributed by atoms with Gasteiger partial charge in [-0.05, 0) is 23.8 Å². The highest BCUT2D eigenvalue weighted by Crippen LogP contribution is 2.19. The number of aliphatic hydroxyl groups is 1. The van der Waals surface area contributed by atoms with E-state index in [1.54, 1.807) is 0 Å². The average molecular weight is 253 g/mol. The van der Waals surface area contributed by atoms with Crippen molar-refractivity contribution in [3.63, 3.8) is 0 Å². The first-order valence-electron chi connectivity index (χ1n) is 5.90. The molecule has 1 aliphatic rings. The van der Waals surface area contributed by atoms with E-state index in [2.05, 4.69) is 10.3 Å². The fourth-order valence-corrected chi connectivity index (χ4v) is 2.15. The molecule has 1 aromatic rings. The summed E-state index contributed by atoms with van der Waals surface area (Å²) in [5.74, 6) is -0.640. The molecule has 0 saturated heterocycles. The summed E-state index contributed by atoms with van der Waals surface area (Å²) in [5, 5.41) is 22.9. The molecule has 0 spiro atoms. The van der Waals surface area contributed by atoms with Gasteiger partial charge in [0.2, 0.25) is 0 Å². The molecule has 18 heavy (non-hydrogen) atoms. The Morgan fingerprint density at radius 2 is 2.17 bits per heavy atom. The number of nitrogens with one attached hydrogen (secondary N) is 2. The molecular formula is C11H15N3O4.